The molecule has 2 N–H and O–H groups in total. The smallest absolute Gasteiger partial charge is 0.250 e. The van der Waals surface area contributed by atoms with Crippen LogP contribution in [0.4, 0.5) is 11.4 Å². The Labute approximate surface area is 246 Å². The molecule has 1 fully saturated rings. The Bertz CT molecular complexity index is 1540. The molecule has 7 nitrogen and oxygen atoms in total. The zero-order valence-corrected chi connectivity index (χ0v) is 24.8. The monoisotopic (exact) mass is 623 g/mol. The molecular formula is C29H27BrClN5O2S. The lowest BCUT2D eigenvalue weighted by Crippen LogP contribution is -2.29. The van der Waals surface area contributed by atoms with E-state index in [1.165, 1.54) is 7.11 Å². The van der Waals surface area contributed by atoms with E-state index in [0.29, 0.717) is 15.8 Å². The summed E-state index contributed by atoms with van der Waals surface area (Å²) in [6, 6.07) is 21.4. The molecule has 0 aliphatic carbocycles. The van der Waals surface area contributed by atoms with E-state index in [1.807, 2.05) is 42.5 Å². The number of ether oxygens (including phenoxy) is 1. The number of aromatic nitrogens is 2. The van der Waals surface area contributed by atoms with Crippen LogP contribution < -0.4 is 15.5 Å². The summed E-state index contributed by atoms with van der Waals surface area (Å²) in [5.41, 5.74) is 6.58. The first-order valence-electron chi connectivity index (χ1n) is 12.3. The number of anilines is 2. The number of benzene rings is 2. The first kappa shape index (κ1) is 27.3. The quantitative estimate of drug-likeness (QED) is 0.224. The maximum absolute atomic E-state index is 12.1. The van der Waals surface area contributed by atoms with Gasteiger partial charge in [0, 0.05) is 40.5 Å². The van der Waals surface area contributed by atoms with Crippen LogP contribution in [-0.2, 0) is 9.53 Å². The predicted molar refractivity (Wildman–Crippen MR) is 163 cm³/mol. The molecule has 2 atom stereocenters. The van der Waals surface area contributed by atoms with Crippen molar-refractivity contribution in [1.82, 2.24) is 14.9 Å². The molecule has 2 aromatic carbocycles. The summed E-state index contributed by atoms with van der Waals surface area (Å²) in [6.07, 6.45) is 1.79. The Kier molecular flexibility index (Phi) is 8.04. The molecule has 0 bridgehead atoms. The highest BCUT2D eigenvalue weighted by molar-refractivity contribution is 9.10. The minimum Gasteiger partial charge on any atom is -0.375 e. The second kappa shape index (κ2) is 11.5. The highest BCUT2D eigenvalue weighted by Gasteiger charge is 2.42. The topological polar surface area (TPSA) is 71.4 Å². The summed E-state index contributed by atoms with van der Waals surface area (Å²) < 4.78 is 8.17. The van der Waals surface area contributed by atoms with Crippen molar-refractivity contribution in [2.24, 2.45) is 0 Å². The maximum atomic E-state index is 12.1. The van der Waals surface area contributed by atoms with E-state index in [1.54, 1.807) is 12.3 Å². The average Bonchev–Trinajstić information content (AvgIpc) is 3.40. The summed E-state index contributed by atoms with van der Waals surface area (Å²) in [5, 5.41) is 7.25. The van der Waals surface area contributed by atoms with E-state index in [0.717, 1.165) is 38.5 Å². The number of amides is 1. The normalized spacial score (nSPS) is 16.8. The summed E-state index contributed by atoms with van der Waals surface area (Å²) in [4.78, 5) is 18.8. The summed E-state index contributed by atoms with van der Waals surface area (Å²) in [7, 11) is 1.47. The number of halogens is 2. The van der Waals surface area contributed by atoms with E-state index in [2.05, 4.69) is 73.1 Å². The van der Waals surface area contributed by atoms with E-state index in [9.17, 15) is 4.79 Å². The largest absolute Gasteiger partial charge is 0.375 e. The van der Waals surface area contributed by atoms with Crippen LogP contribution in [0.5, 0.6) is 0 Å². The second-order valence-corrected chi connectivity index (χ2v) is 11.0. The van der Waals surface area contributed by atoms with Crippen molar-refractivity contribution in [3.8, 4) is 5.69 Å². The first-order valence-corrected chi connectivity index (χ1v) is 13.9. The second-order valence-electron chi connectivity index (χ2n) is 9.28. The van der Waals surface area contributed by atoms with Gasteiger partial charge in [0.1, 0.15) is 6.61 Å². The Balaban J connectivity index is 1.61. The molecule has 2 unspecified atom stereocenters. The Morgan fingerprint density at radius 3 is 2.64 bits per heavy atom. The Hall–Kier alpha value is -3.24. The number of carbonyl (C=O) groups is 1. The van der Waals surface area contributed by atoms with Crippen LogP contribution in [0.25, 0.3) is 5.69 Å². The fraction of sp³-hybridized carbons (Fsp3) is 0.207. The van der Waals surface area contributed by atoms with Crippen LogP contribution >= 0.6 is 39.7 Å². The molecule has 200 valence electrons. The molecule has 0 radical (unpaired) electrons. The van der Waals surface area contributed by atoms with Crippen molar-refractivity contribution < 1.29 is 9.53 Å². The number of pyridine rings is 1. The number of nitrogens with zero attached hydrogens (tertiary/aromatic N) is 3. The molecule has 1 aliphatic heterocycles. The number of hydrogen-bond donors (Lipinski definition) is 2. The van der Waals surface area contributed by atoms with Crippen molar-refractivity contribution in [3.63, 3.8) is 0 Å². The molecule has 10 heteroatoms. The van der Waals surface area contributed by atoms with Crippen LogP contribution in [0.1, 0.15) is 34.7 Å². The number of hydrogen-bond acceptors (Lipinski definition) is 4. The van der Waals surface area contributed by atoms with E-state index in [4.69, 9.17) is 28.6 Å². The number of nitrogens with one attached hydrogen (secondary N) is 2. The zero-order chi connectivity index (χ0) is 27.7. The summed E-state index contributed by atoms with van der Waals surface area (Å²) in [6.45, 7) is 4.17. The third-order valence-electron chi connectivity index (χ3n) is 6.73. The Morgan fingerprint density at radius 1 is 1.13 bits per heavy atom. The summed E-state index contributed by atoms with van der Waals surface area (Å²) in [5.74, 6) is -0.279. The highest BCUT2D eigenvalue weighted by Crippen LogP contribution is 2.44. The van der Waals surface area contributed by atoms with E-state index >= 15 is 0 Å². The minimum atomic E-state index is -0.279. The van der Waals surface area contributed by atoms with Gasteiger partial charge < -0.3 is 24.8 Å². The van der Waals surface area contributed by atoms with Gasteiger partial charge in [-0.25, -0.2) is 0 Å². The third-order valence-corrected chi connectivity index (χ3v) is 7.85. The van der Waals surface area contributed by atoms with Crippen molar-refractivity contribution in [1.29, 1.82) is 0 Å². The van der Waals surface area contributed by atoms with Gasteiger partial charge in [0.25, 0.3) is 0 Å². The van der Waals surface area contributed by atoms with Gasteiger partial charge in [0.2, 0.25) is 5.91 Å². The molecular weight excluding hydrogens is 598 g/mol. The van der Waals surface area contributed by atoms with Gasteiger partial charge >= 0.3 is 0 Å². The molecule has 0 saturated carbocycles. The van der Waals surface area contributed by atoms with E-state index in [-0.39, 0.29) is 24.6 Å². The van der Waals surface area contributed by atoms with Crippen molar-refractivity contribution in [3.05, 3.63) is 105 Å². The van der Waals surface area contributed by atoms with Crippen LogP contribution in [0, 0.1) is 13.8 Å². The van der Waals surface area contributed by atoms with Gasteiger partial charge in [0.05, 0.1) is 28.5 Å². The molecule has 2 aromatic heterocycles. The zero-order valence-electron chi connectivity index (χ0n) is 21.6. The lowest BCUT2D eigenvalue weighted by molar-refractivity contribution is -0.119. The van der Waals surface area contributed by atoms with Gasteiger partial charge in [-0.05, 0) is 86.2 Å². The first-order chi connectivity index (χ1) is 18.8. The number of methoxy groups -OCH3 is 1. The minimum absolute atomic E-state index is 0.0559. The van der Waals surface area contributed by atoms with E-state index < -0.39 is 0 Å². The fourth-order valence-electron chi connectivity index (χ4n) is 5.12. The predicted octanol–water partition coefficient (Wildman–Crippen LogP) is 6.67. The SMILES string of the molecule is COCC(=O)Nc1ccc(N2C(=S)NC(c3ccccn3)C2c2cc(C)n(-c3cccc(Br)c3)c2C)cc1Cl. The van der Waals surface area contributed by atoms with Crippen molar-refractivity contribution >= 4 is 62.1 Å². The molecule has 1 aliphatic rings. The van der Waals surface area contributed by atoms with Crippen molar-refractivity contribution in [2.75, 3.05) is 23.9 Å². The van der Waals surface area contributed by atoms with Gasteiger partial charge in [-0.1, -0.05) is 39.7 Å². The average molecular weight is 625 g/mol. The number of carbonyl (C=O) groups excluding carboxylic acids is 1. The van der Waals surface area contributed by atoms with Crippen LogP contribution in [-0.4, -0.2) is 34.3 Å². The van der Waals surface area contributed by atoms with Gasteiger partial charge in [-0.15, -0.1) is 0 Å². The lowest BCUT2D eigenvalue weighted by Gasteiger charge is -2.28. The summed E-state index contributed by atoms with van der Waals surface area (Å²) >= 11 is 16.1. The van der Waals surface area contributed by atoms with Crippen LogP contribution in [0.15, 0.2) is 77.4 Å². The number of aryl methyl sites for hydroxylation is 1. The molecule has 3 heterocycles. The number of thiocarbonyl (C=S) groups is 1. The lowest BCUT2D eigenvalue weighted by atomic mass is 9.96. The standard InChI is InChI=1S/C29H27BrClN5O2S/c1-17-13-22(18(2)35(17)20-8-6-7-19(30)14-20)28-27(25-9-4-5-12-32-25)34-29(39)36(28)21-10-11-24(23(31)15-21)33-26(37)16-38-3/h4-15,27-28H,16H2,1-3H3,(H,33,37)(H,34,39). The molecule has 1 saturated heterocycles. The third kappa shape index (κ3) is 5.45. The van der Waals surface area contributed by atoms with Gasteiger partial charge in [-0.3, -0.25) is 9.78 Å². The molecule has 4 aromatic rings. The Morgan fingerprint density at radius 2 is 1.95 bits per heavy atom. The van der Waals surface area contributed by atoms with Crippen molar-refractivity contribution in [2.45, 2.75) is 25.9 Å². The molecule has 0 spiro atoms. The highest BCUT2D eigenvalue weighted by atomic mass is 79.9. The number of rotatable bonds is 7. The van der Waals surface area contributed by atoms with Gasteiger partial charge in [-0.2, -0.15) is 0 Å². The fourth-order valence-corrected chi connectivity index (χ4v) is 6.08. The van der Waals surface area contributed by atoms with Crippen LogP contribution in [0.2, 0.25) is 5.02 Å². The molecule has 5 rings (SSSR count). The molecule has 39 heavy (non-hydrogen) atoms. The molecule has 1 amide bonds. The van der Waals surface area contributed by atoms with Gasteiger partial charge in [0.15, 0.2) is 5.11 Å². The van der Waals surface area contributed by atoms with Crippen LogP contribution in [0.3, 0.4) is 0 Å². The maximum Gasteiger partial charge on any atom is 0.250 e.